The molecule has 0 saturated heterocycles. The Morgan fingerprint density at radius 3 is 2.84 bits per heavy atom. The Labute approximate surface area is 121 Å². The number of halogens is 1. The van der Waals surface area contributed by atoms with Crippen molar-refractivity contribution in [3.05, 3.63) is 29.0 Å². The maximum Gasteiger partial charge on any atom is 0.271 e. The smallest absolute Gasteiger partial charge is 0.271 e. The first-order valence-electron chi connectivity index (χ1n) is 5.50. The van der Waals surface area contributed by atoms with Gasteiger partial charge in [0.25, 0.3) is 5.91 Å². The molecule has 1 heterocycles. The molecule has 3 N–H and O–H groups in total. The number of hydrazine groups is 1. The Balaban J connectivity index is 2.37. The first-order valence-corrected chi connectivity index (χ1v) is 6.29. The number of methoxy groups -OCH3 is 1. The Morgan fingerprint density at radius 2 is 2.26 bits per heavy atom. The molecule has 1 atom stereocenters. The Bertz CT molecular complexity index is 441. The quantitative estimate of drug-likeness (QED) is 0.435. The van der Waals surface area contributed by atoms with Crippen molar-refractivity contribution < 1.29 is 9.53 Å². The van der Waals surface area contributed by atoms with Crippen LogP contribution in [0.15, 0.2) is 18.3 Å². The van der Waals surface area contributed by atoms with Gasteiger partial charge in [-0.3, -0.25) is 15.6 Å². The lowest BCUT2D eigenvalue weighted by atomic mass is 10.3. The van der Waals surface area contributed by atoms with Gasteiger partial charge in [0.05, 0.1) is 12.2 Å². The van der Waals surface area contributed by atoms with Crippen molar-refractivity contribution in [3.63, 3.8) is 0 Å². The standard InChI is InChI=1S/C11H15ClN4O2S/c1-7(6-18-2)14-11(19)16-15-10(17)8-3-4-9(12)13-5-8/h3-5,7H,6H2,1-2H3,(H,15,17)(H2,14,16,19)/t7-/m1/s1. The monoisotopic (exact) mass is 302 g/mol. The first kappa shape index (κ1) is 15.6. The summed E-state index contributed by atoms with van der Waals surface area (Å²) in [6, 6.07) is 3.14. The molecule has 0 aliphatic carbocycles. The topological polar surface area (TPSA) is 75.3 Å². The molecule has 0 aliphatic rings. The van der Waals surface area contributed by atoms with E-state index in [1.807, 2.05) is 6.92 Å². The molecule has 1 rings (SSSR count). The number of nitrogens with one attached hydrogen (secondary N) is 3. The normalized spacial score (nSPS) is 11.5. The van der Waals surface area contributed by atoms with Crippen LogP contribution in [0.4, 0.5) is 0 Å². The van der Waals surface area contributed by atoms with Crippen LogP contribution in [0.25, 0.3) is 0 Å². The molecule has 0 unspecified atom stereocenters. The number of carbonyl (C=O) groups excluding carboxylic acids is 1. The lowest BCUT2D eigenvalue weighted by Crippen LogP contribution is -2.49. The van der Waals surface area contributed by atoms with E-state index in [1.165, 1.54) is 12.3 Å². The van der Waals surface area contributed by atoms with Gasteiger partial charge in [-0.2, -0.15) is 0 Å². The van der Waals surface area contributed by atoms with E-state index in [2.05, 4.69) is 21.2 Å². The molecule has 19 heavy (non-hydrogen) atoms. The van der Waals surface area contributed by atoms with E-state index >= 15 is 0 Å². The maximum absolute atomic E-state index is 11.7. The fraction of sp³-hybridized carbons (Fsp3) is 0.364. The van der Waals surface area contributed by atoms with E-state index in [9.17, 15) is 4.79 Å². The highest BCUT2D eigenvalue weighted by atomic mass is 35.5. The molecule has 0 fully saturated rings. The SMILES string of the molecule is COC[C@@H](C)NC(=S)NNC(=O)c1ccc(Cl)nc1. The van der Waals surface area contributed by atoms with E-state index < -0.39 is 0 Å². The van der Waals surface area contributed by atoms with Crippen molar-refractivity contribution in [1.82, 2.24) is 21.2 Å². The van der Waals surface area contributed by atoms with Gasteiger partial charge in [0.15, 0.2) is 5.11 Å². The number of carbonyl (C=O) groups is 1. The Hall–Kier alpha value is -1.44. The third-order valence-electron chi connectivity index (χ3n) is 2.07. The van der Waals surface area contributed by atoms with Crippen LogP contribution in [-0.2, 0) is 4.74 Å². The molecule has 0 aromatic carbocycles. The average molecular weight is 303 g/mol. The van der Waals surface area contributed by atoms with Crippen molar-refractivity contribution >= 4 is 34.8 Å². The summed E-state index contributed by atoms with van der Waals surface area (Å²) in [7, 11) is 1.60. The lowest BCUT2D eigenvalue weighted by molar-refractivity contribution is 0.0943. The van der Waals surface area contributed by atoms with Crippen molar-refractivity contribution in [3.8, 4) is 0 Å². The van der Waals surface area contributed by atoms with Crippen LogP contribution >= 0.6 is 23.8 Å². The zero-order valence-electron chi connectivity index (χ0n) is 10.6. The van der Waals surface area contributed by atoms with Gasteiger partial charge >= 0.3 is 0 Å². The number of hydrogen-bond acceptors (Lipinski definition) is 4. The molecule has 0 radical (unpaired) electrons. The molecule has 0 aliphatic heterocycles. The highest BCUT2D eigenvalue weighted by Gasteiger charge is 2.07. The van der Waals surface area contributed by atoms with Gasteiger partial charge in [0, 0.05) is 19.3 Å². The van der Waals surface area contributed by atoms with E-state index in [0.29, 0.717) is 22.4 Å². The maximum atomic E-state index is 11.7. The molecular formula is C11H15ClN4O2S. The van der Waals surface area contributed by atoms with Gasteiger partial charge in [0.2, 0.25) is 0 Å². The number of nitrogens with zero attached hydrogens (tertiary/aromatic N) is 1. The van der Waals surface area contributed by atoms with Gasteiger partial charge in [0.1, 0.15) is 5.15 Å². The zero-order valence-corrected chi connectivity index (χ0v) is 12.1. The molecule has 0 saturated carbocycles. The van der Waals surface area contributed by atoms with Gasteiger partial charge in [-0.05, 0) is 31.3 Å². The summed E-state index contributed by atoms with van der Waals surface area (Å²) in [5, 5.41) is 3.57. The van der Waals surface area contributed by atoms with E-state index in [1.54, 1.807) is 13.2 Å². The molecule has 0 bridgehead atoms. The average Bonchev–Trinajstić information content (AvgIpc) is 2.37. The van der Waals surface area contributed by atoms with Crippen LogP contribution in [0.1, 0.15) is 17.3 Å². The zero-order chi connectivity index (χ0) is 14.3. The van der Waals surface area contributed by atoms with Crippen molar-refractivity contribution in [2.24, 2.45) is 0 Å². The summed E-state index contributed by atoms with van der Waals surface area (Å²) in [6.07, 6.45) is 1.38. The molecular weight excluding hydrogens is 288 g/mol. The highest BCUT2D eigenvalue weighted by Crippen LogP contribution is 2.04. The van der Waals surface area contributed by atoms with Gasteiger partial charge in [-0.1, -0.05) is 11.6 Å². The summed E-state index contributed by atoms with van der Waals surface area (Å²) in [5.74, 6) is -0.354. The molecule has 1 aromatic rings. The minimum atomic E-state index is -0.354. The molecule has 0 spiro atoms. The summed E-state index contributed by atoms with van der Waals surface area (Å²) >= 11 is 10.6. The molecule has 6 nitrogen and oxygen atoms in total. The number of pyridine rings is 1. The van der Waals surface area contributed by atoms with E-state index in [4.69, 9.17) is 28.6 Å². The van der Waals surface area contributed by atoms with Crippen molar-refractivity contribution in [1.29, 1.82) is 0 Å². The second-order valence-corrected chi connectivity index (χ2v) is 4.57. The van der Waals surface area contributed by atoms with Crippen LogP contribution in [0.5, 0.6) is 0 Å². The number of ether oxygens (including phenoxy) is 1. The van der Waals surface area contributed by atoms with Crippen molar-refractivity contribution in [2.45, 2.75) is 13.0 Å². The number of rotatable bonds is 4. The summed E-state index contributed by atoms with van der Waals surface area (Å²) in [6.45, 7) is 2.42. The predicted octanol–water partition coefficient (Wildman–Crippen LogP) is 0.879. The first-order chi connectivity index (χ1) is 9.02. The number of aromatic nitrogens is 1. The molecule has 1 aromatic heterocycles. The Morgan fingerprint density at radius 1 is 1.53 bits per heavy atom. The third kappa shape index (κ3) is 5.82. The predicted molar refractivity (Wildman–Crippen MR) is 76.9 cm³/mol. The summed E-state index contributed by atoms with van der Waals surface area (Å²) in [5.41, 5.74) is 5.42. The number of amides is 1. The highest BCUT2D eigenvalue weighted by molar-refractivity contribution is 7.80. The lowest BCUT2D eigenvalue weighted by Gasteiger charge is -2.16. The molecule has 8 heteroatoms. The van der Waals surface area contributed by atoms with Crippen LogP contribution < -0.4 is 16.2 Å². The molecule has 104 valence electrons. The van der Waals surface area contributed by atoms with Gasteiger partial charge in [-0.25, -0.2) is 4.98 Å². The summed E-state index contributed by atoms with van der Waals surface area (Å²) < 4.78 is 4.95. The van der Waals surface area contributed by atoms with Crippen LogP contribution in [0, 0.1) is 0 Å². The minimum Gasteiger partial charge on any atom is -0.383 e. The largest absolute Gasteiger partial charge is 0.383 e. The van der Waals surface area contributed by atoms with E-state index in [-0.39, 0.29) is 11.9 Å². The van der Waals surface area contributed by atoms with Crippen molar-refractivity contribution in [2.75, 3.05) is 13.7 Å². The third-order valence-corrected chi connectivity index (χ3v) is 2.52. The second kappa shape index (κ2) is 7.88. The number of thiocarbonyl (C=S) groups is 1. The van der Waals surface area contributed by atoms with E-state index in [0.717, 1.165) is 0 Å². The molecule has 1 amide bonds. The number of hydrogen-bond donors (Lipinski definition) is 3. The second-order valence-electron chi connectivity index (χ2n) is 3.78. The fourth-order valence-electron chi connectivity index (χ4n) is 1.25. The summed E-state index contributed by atoms with van der Waals surface area (Å²) in [4.78, 5) is 15.5. The van der Waals surface area contributed by atoms with Crippen LogP contribution in [0.3, 0.4) is 0 Å². The Kier molecular flexibility index (Phi) is 6.48. The minimum absolute atomic E-state index is 0.0408. The van der Waals surface area contributed by atoms with Crippen LogP contribution in [0.2, 0.25) is 5.15 Å². The van der Waals surface area contributed by atoms with Gasteiger partial charge in [-0.15, -0.1) is 0 Å². The fourth-order valence-corrected chi connectivity index (χ4v) is 1.61. The van der Waals surface area contributed by atoms with Crippen LogP contribution in [-0.4, -0.2) is 35.8 Å². The van der Waals surface area contributed by atoms with Gasteiger partial charge < -0.3 is 10.1 Å².